The van der Waals surface area contributed by atoms with Crippen molar-refractivity contribution in [2.24, 2.45) is 5.92 Å². The molecule has 0 aliphatic carbocycles. The first-order chi connectivity index (χ1) is 12.8. The van der Waals surface area contributed by atoms with Gasteiger partial charge in [0.25, 0.3) is 0 Å². The maximum atomic E-state index is 12.6. The highest BCUT2D eigenvalue weighted by Crippen LogP contribution is 2.33. The van der Waals surface area contributed by atoms with E-state index >= 15 is 0 Å². The Hall–Kier alpha value is -1.58. The van der Waals surface area contributed by atoms with Gasteiger partial charge in [-0.05, 0) is 73.4 Å². The number of likely N-dealkylation sites (tertiary alicyclic amines) is 1. The Labute approximate surface area is 168 Å². The Morgan fingerprint density at radius 2 is 1.67 bits per heavy atom. The number of amides is 1. The molecule has 2 heterocycles. The predicted octanol–water partition coefficient (Wildman–Crippen LogP) is 4.75. The standard InChI is InChI=1S/C23H30N2O.ClH/c26-23(9-8-18-10-14-24-15-11-18)25-16-12-20(13-17-25)22-7-3-5-19-4-1-2-6-21(19)22;/h1-7,18,20,24H,8-17H2;1H. The minimum atomic E-state index is 0. The SMILES string of the molecule is Cl.O=C(CCC1CCNCC1)N1CCC(c2cccc3ccccc23)CC1. The van der Waals surface area contributed by atoms with E-state index in [-0.39, 0.29) is 12.4 Å². The van der Waals surface area contributed by atoms with Gasteiger partial charge in [-0.3, -0.25) is 4.79 Å². The van der Waals surface area contributed by atoms with Crippen LogP contribution in [0.2, 0.25) is 0 Å². The topological polar surface area (TPSA) is 32.3 Å². The van der Waals surface area contributed by atoms with Gasteiger partial charge in [0.2, 0.25) is 5.91 Å². The molecule has 1 amide bonds. The Morgan fingerprint density at radius 3 is 2.44 bits per heavy atom. The van der Waals surface area contributed by atoms with Crippen LogP contribution in [0.3, 0.4) is 0 Å². The van der Waals surface area contributed by atoms with E-state index < -0.39 is 0 Å². The molecule has 2 aliphatic heterocycles. The van der Waals surface area contributed by atoms with Gasteiger partial charge in [0.15, 0.2) is 0 Å². The Morgan fingerprint density at radius 1 is 0.963 bits per heavy atom. The van der Waals surface area contributed by atoms with Crippen LogP contribution in [0.25, 0.3) is 10.8 Å². The van der Waals surface area contributed by atoms with E-state index in [4.69, 9.17) is 0 Å². The van der Waals surface area contributed by atoms with Crippen LogP contribution >= 0.6 is 12.4 Å². The van der Waals surface area contributed by atoms with Crippen molar-refractivity contribution >= 4 is 29.1 Å². The van der Waals surface area contributed by atoms with Crippen LogP contribution in [-0.4, -0.2) is 37.0 Å². The average molecular weight is 387 g/mol. The van der Waals surface area contributed by atoms with Crippen molar-refractivity contribution in [3.8, 4) is 0 Å². The highest BCUT2D eigenvalue weighted by atomic mass is 35.5. The molecular weight excluding hydrogens is 356 g/mol. The quantitative estimate of drug-likeness (QED) is 0.822. The molecule has 0 bridgehead atoms. The normalized spacial score (nSPS) is 19.0. The Bertz CT molecular complexity index is 744. The maximum Gasteiger partial charge on any atom is 0.222 e. The molecule has 0 aromatic heterocycles. The van der Waals surface area contributed by atoms with E-state index in [1.165, 1.54) is 29.2 Å². The smallest absolute Gasteiger partial charge is 0.222 e. The Balaban J connectivity index is 0.00000210. The molecule has 1 N–H and O–H groups in total. The molecule has 2 aromatic carbocycles. The zero-order valence-corrected chi connectivity index (χ0v) is 16.8. The van der Waals surface area contributed by atoms with Crippen LogP contribution < -0.4 is 5.32 Å². The van der Waals surface area contributed by atoms with Gasteiger partial charge in [0.05, 0.1) is 0 Å². The summed E-state index contributed by atoms with van der Waals surface area (Å²) in [5.74, 6) is 1.70. The van der Waals surface area contributed by atoms with Crippen molar-refractivity contribution in [3.63, 3.8) is 0 Å². The molecule has 0 saturated carbocycles. The van der Waals surface area contributed by atoms with Crippen LogP contribution in [0, 0.1) is 5.92 Å². The van der Waals surface area contributed by atoms with E-state index in [1.54, 1.807) is 0 Å². The molecule has 146 valence electrons. The summed E-state index contributed by atoms with van der Waals surface area (Å²) in [5, 5.41) is 6.11. The number of carbonyl (C=O) groups is 1. The average Bonchev–Trinajstić information content (AvgIpc) is 2.72. The molecular formula is C23H31ClN2O. The van der Waals surface area contributed by atoms with Crippen molar-refractivity contribution in [1.29, 1.82) is 0 Å². The lowest BCUT2D eigenvalue weighted by Gasteiger charge is -2.33. The fourth-order valence-corrected chi connectivity index (χ4v) is 4.70. The Kier molecular flexibility index (Phi) is 7.14. The highest BCUT2D eigenvalue weighted by molar-refractivity contribution is 5.86. The zero-order chi connectivity index (χ0) is 17.8. The highest BCUT2D eigenvalue weighted by Gasteiger charge is 2.25. The summed E-state index contributed by atoms with van der Waals surface area (Å²) in [6.45, 7) is 4.07. The van der Waals surface area contributed by atoms with E-state index in [1.807, 2.05) is 0 Å². The lowest BCUT2D eigenvalue weighted by atomic mass is 9.86. The van der Waals surface area contributed by atoms with E-state index in [0.717, 1.165) is 57.8 Å². The molecule has 27 heavy (non-hydrogen) atoms. The molecule has 0 spiro atoms. The summed E-state index contributed by atoms with van der Waals surface area (Å²) >= 11 is 0. The van der Waals surface area contributed by atoms with Gasteiger partial charge in [0.1, 0.15) is 0 Å². The van der Waals surface area contributed by atoms with Crippen molar-refractivity contribution in [2.75, 3.05) is 26.2 Å². The van der Waals surface area contributed by atoms with Crippen molar-refractivity contribution in [2.45, 2.75) is 44.4 Å². The summed E-state index contributed by atoms with van der Waals surface area (Å²) in [7, 11) is 0. The lowest BCUT2D eigenvalue weighted by Crippen LogP contribution is -2.38. The number of piperidine rings is 2. The predicted molar refractivity (Wildman–Crippen MR) is 115 cm³/mol. The largest absolute Gasteiger partial charge is 0.343 e. The number of halogens is 1. The number of rotatable bonds is 4. The molecule has 2 aliphatic rings. The molecule has 3 nitrogen and oxygen atoms in total. The second-order valence-corrected chi connectivity index (χ2v) is 7.96. The number of nitrogens with zero attached hydrogens (tertiary/aromatic N) is 1. The third-order valence-corrected chi connectivity index (χ3v) is 6.34. The van der Waals surface area contributed by atoms with Gasteiger partial charge in [-0.2, -0.15) is 0 Å². The van der Waals surface area contributed by atoms with Crippen molar-refractivity contribution in [1.82, 2.24) is 10.2 Å². The molecule has 2 fully saturated rings. The molecule has 0 unspecified atom stereocenters. The lowest BCUT2D eigenvalue weighted by molar-refractivity contribution is -0.132. The first kappa shape index (κ1) is 20.2. The van der Waals surface area contributed by atoms with Gasteiger partial charge in [-0.15, -0.1) is 12.4 Å². The van der Waals surface area contributed by atoms with Gasteiger partial charge in [0, 0.05) is 19.5 Å². The molecule has 0 radical (unpaired) electrons. The fraction of sp³-hybridized carbons (Fsp3) is 0.522. The van der Waals surface area contributed by atoms with Crippen LogP contribution in [0.1, 0.15) is 50.0 Å². The van der Waals surface area contributed by atoms with Crippen LogP contribution in [0.15, 0.2) is 42.5 Å². The zero-order valence-electron chi connectivity index (χ0n) is 16.0. The first-order valence-electron chi connectivity index (χ1n) is 10.3. The molecule has 0 atom stereocenters. The van der Waals surface area contributed by atoms with E-state index in [0.29, 0.717) is 11.8 Å². The number of hydrogen-bond acceptors (Lipinski definition) is 2. The van der Waals surface area contributed by atoms with Crippen molar-refractivity contribution < 1.29 is 4.79 Å². The fourth-order valence-electron chi connectivity index (χ4n) is 4.70. The summed E-state index contributed by atoms with van der Waals surface area (Å²) in [5.41, 5.74) is 1.46. The van der Waals surface area contributed by atoms with Crippen LogP contribution in [-0.2, 0) is 4.79 Å². The third-order valence-electron chi connectivity index (χ3n) is 6.34. The summed E-state index contributed by atoms with van der Waals surface area (Å²) in [4.78, 5) is 14.7. The number of carbonyl (C=O) groups excluding carboxylic acids is 1. The number of fused-ring (bicyclic) bond motifs is 1. The minimum absolute atomic E-state index is 0. The van der Waals surface area contributed by atoms with Crippen LogP contribution in [0.5, 0.6) is 0 Å². The monoisotopic (exact) mass is 386 g/mol. The number of benzene rings is 2. The van der Waals surface area contributed by atoms with Gasteiger partial charge in [-0.25, -0.2) is 0 Å². The van der Waals surface area contributed by atoms with E-state index in [2.05, 4.69) is 52.7 Å². The summed E-state index contributed by atoms with van der Waals surface area (Å²) < 4.78 is 0. The molecule has 2 saturated heterocycles. The first-order valence-corrected chi connectivity index (χ1v) is 10.3. The molecule has 4 rings (SSSR count). The van der Waals surface area contributed by atoms with Gasteiger partial charge >= 0.3 is 0 Å². The van der Waals surface area contributed by atoms with Gasteiger partial charge in [-0.1, -0.05) is 42.5 Å². The summed E-state index contributed by atoms with van der Waals surface area (Å²) in [6.07, 6.45) is 6.46. The third kappa shape index (κ3) is 4.83. The molecule has 2 aromatic rings. The second-order valence-electron chi connectivity index (χ2n) is 7.96. The van der Waals surface area contributed by atoms with Gasteiger partial charge < -0.3 is 10.2 Å². The maximum absolute atomic E-state index is 12.6. The second kappa shape index (κ2) is 9.57. The number of hydrogen-bond donors (Lipinski definition) is 1. The molecule has 4 heteroatoms. The van der Waals surface area contributed by atoms with Crippen molar-refractivity contribution in [3.05, 3.63) is 48.0 Å². The summed E-state index contributed by atoms with van der Waals surface area (Å²) in [6, 6.07) is 15.3. The van der Waals surface area contributed by atoms with Crippen LogP contribution in [0.4, 0.5) is 0 Å². The van der Waals surface area contributed by atoms with E-state index in [9.17, 15) is 4.79 Å². The number of nitrogens with one attached hydrogen (secondary N) is 1. The minimum Gasteiger partial charge on any atom is -0.343 e.